The second-order valence-corrected chi connectivity index (χ2v) is 4.74. The molecule has 0 aliphatic rings. The molecule has 0 amide bonds. The van der Waals surface area contributed by atoms with Gasteiger partial charge in [-0.1, -0.05) is 29.8 Å². The van der Waals surface area contributed by atoms with Crippen LogP contribution >= 0.6 is 11.6 Å². The molecular formula is C14H12ClFN2O3. The number of anilines is 1. The Balaban J connectivity index is 2.13. The minimum Gasteiger partial charge on any atom is -0.387 e. The highest BCUT2D eigenvalue weighted by atomic mass is 35.5. The number of aliphatic hydroxyl groups is 1. The third-order valence-electron chi connectivity index (χ3n) is 2.91. The molecule has 5 nitrogen and oxygen atoms in total. The molecule has 0 spiro atoms. The largest absolute Gasteiger partial charge is 0.387 e. The van der Waals surface area contributed by atoms with E-state index in [0.717, 1.165) is 12.1 Å². The molecule has 0 aliphatic heterocycles. The Kier molecular flexibility index (Phi) is 4.72. The third kappa shape index (κ3) is 3.68. The highest BCUT2D eigenvalue weighted by Crippen LogP contribution is 2.27. The SMILES string of the molecule is O=[N+]([O-])c1cc(F)ccc1NCC(O)c1ccccc1Cl. The molecule has 0 heterocycles. The van der Waals surface area contributed by atoms with Crippen LogP contribution in [0.25, 0.3) is 0 Å². The van der Waals surface area contributed by atoms with Gasteiger partial charge in [0.2, 0.25) is 0 Å². The predicted molar refractivity (Wildman–Crippen MR) is 78.0 cm³/mol. The van der Waals surface area contributed by atoms with Gasteiger partial charge in [0.05, 0.1) is 17.1 Å². The molecule has 0 saturated carbocycles. The van der Waals surface area contributed by atoms with Crippen LogP contribution in [0.1, 0.15) is 11.7 Å². The van der Waals surface area contributed by atoms with E-state index in [1.54, 1.807) is 24.3 Å². The molecule has 2 N–H and O–H groups in total. The molecule has 7 heteroatoms. The molecule has 1 atom stereocenters. The van der Waals surface area contributed by atoms with Gasteiger partial charge in [-0.3, -0.25) is 10.1 Å². The van der Waals surface area contributed by atoms with Crippen molar-refractivity contribution in [3.63, 3.8) is 0 Å². The van der Waals surface area contributed by atoms with E-state index in [1.807, 2.05) is 0 Å². The van der Waals surface area contributed by atoms with E-state index in [4.69, 9.17) is 11.6 Å². The number of hydrogen-bond donors (Lipinski definition) is 2. The van der Waals surface area contributed by atoms with Gasteiger partial charge in [0.1, 0.15) is 11.5 Å². The maximum absolute atomic E-state index is 13.0. The number of nitrogens with zero attached hydrogens (tertiary/aromatic N) is 1. The fraction of sp³-hybridized carbons (Fsp3) is 0.143. The summed E-state index contributed by atoms with van der Waals surface area (Å²) < 4.78 is 13.0. The maximum atomic E-state index is 13.0. The Morgan fingerprint density at radius 3 is 2.71 bits per heavy atom. The second kappa shape index (κ2) is 6.51. The topological polar surface area (TPSA) is 75.4 Å². The normalized spacial score (nSPS) is 12.0. The molecule has 21 heavy (non-hydrogen) atoms. The number of nitro benzene ring substituents is 1. The van der Waals surface area contributed by atoms with Gasteiger partial charge in [0, 0.05) is 17.1 Å². The van der Waals surface area contributed by atoms with Crippen LogP contribution in [0, 0.1) is 15.9 Å². The molecule has 0 saturated heterocycles. The van der Waals surface area contributed by atoms with Crippen LogP contribution in [-0.4, -0.2) is 16.6 Å². The van der Waals surface area contributed by atoms with Gasteiger partial charge in [0.25, 0.3) is 5.69 Å². The molecule has 110 valence electrons. The van der Waals surface area contributed by atoms with Crippen molar-refractivity contribution in [3.8, 4) is 0 Å². The van der Waals surface area contributed by atoms with Crippen LogP contribution in [-0.2, 0) is 0 Å². The zero-order valence-electron chi connectivity index (χ0n) is 10.8. The van der Waals surface area contributed by atoms with E-state index < -0.39 is 16.8 Å². The predicted octanol–water partition coefficient (Wildman–Crippen LogP) is 3.53. The smallest absolute Gasteiger partial charge is 0.295 e. The van der Waals surface area contributed by atoms with Crippen molar-refractivity contribution in [2.24, 2.45) is 0 Å². The lowest BCUT2D eigenvalue weighted by atomic mass is 10.1. The minimum absolute atomic E-state index is 0.0101. The van der Waals surface area contributed by atoms with E-state index in [2.05, 4.69) is 5.32 Å². The maximum Gasteiger partial charge on any atom is 0.295 e. The second-order valence-electron chi connectivity index (χ2n) is 4.34. The highest BCUT2D eigenvalue weighted by molar-refractivity contribution is 6.31. The lowest BCUT2D eigenvalue weighted by molar-refractivity contribution is -0.384. The first-order chi connectivity index (χ1) is 9.99. The first-order valence-corrected chi connectivity index (χ1v) is 6.47. The number of benzene rings is 2. The molecule has 0 bridgehead atoms. The fourth-order valence-corrected chi connectivity index (χ4v) is 2.13. The van der Waals surface area contributed by atoms with Gasteiger partial charge in [-0.05, 0) is 18.2 Å². The summed E-state index contributed by atoms with van der Waals surface area (Å²) in [4.78, 5) is 10.2. The fourth-order valence-electron chi connectivity index (χ4n) is 1.87. The van der Waals surface area contributed by atoms with E-state index in [1.165, 1.54) is 6.07 Å². The molecule has 2 aromatic rings. The summed E-state index contributed by atoms with van der Waals surface area (Å²) in [7, 11) is 0. The van der Waals surface area contributed by atoms with Crippen LogP contribution in [0.4, 0.5) is 15.8 Å². The number of hydrogen-bond acceptors (Lipinski definition) is 4. The van der Waals surface area contributed by atoms with Crippen molar-refractivity contribution >= 4 is 23.0 Å². The Labute approximate surface area is 125 Å². The lowest BCUT2D eigenvalue weighted by Gasteiger charge is -2.14. The molecule has 0 fully saturated rings. The van der Waals surface area contributed by atoms with Crippen LogP contribution in [0.5, 0.6) is 0 Å². The Hall–Kier alpha value is -2.18. The number of nitro groups is 1. The van der Waals surface area contributed by atoms with Crippen molar-refractivity contribution in [1.29, 1.82) is 0 Å². The van der Waals surface area contributed by atoms with E-state index in [0.29, 0.717) is 10.6 Å². The standard InChI is InChI=1S/C14H12ClFN2O3/c15-11-4-2-1-3-10(11)14(19)8-17-12-6-5-9(16)7-13(12)18(20)21/h1-7,14,17,19H,8H2. The van der Waals surface area contributed by atoms with Gasteiger partial charge >= 0.3 is 0 Å². The van der Waals surface area contributed by atoms with E-state index in [9.17, 15) is 19.6 Å². The summed E-state index contributed by atoms with van der Waals surface area (Å²) in [5, 5.41) is 24.0. The lowest BCUT2D eigenvalue weighted by Crippen LogP contribution is -2.13. The van der Waals surface area contributed by atoms with Gasteiger partial charge in [-0.15, -0.1) is 0 Å². The van der Waals surface area contributed by atoms with Crippen molar-refractivity contribution < 1.29 is 14.4 Å². The van der Waals surface area contributed by atoms with Crippen LogP contribution < -0.4 is 5.32 Å². The Morgan fingerprint density at radius 2 is 2.05 bits per heavy atom. The third-order valence-corrected chi connectivity index (χ3v) is 3.25. The molecule has 2 rings (SSSR count). The quantitative estimate of drug-likeness (QED) is 0.654. The summed E-state index contributed by atoms with van der Waals surface area (Å²) >= 11 is 5.96. The van der Waals surface area contributed by atoms with Crippen molar-refractivity contribution in [2.45, 2.75) is 6.10 Å². The number of rotatable bonds is 5. The van der Waals surface area contributed by atoms with Crippen molar-refractivity contribution in [2.75, 3.05) is 11.9 Å². The summed E-state index contributed by atoms with van der Waals surface area (Å²) in [5.74, 6) is -0.695. The van der Waals surface area contributed by atoms with Gasteiger partial charge in [-0.2, -0.15) is 0 Å². The molecule has 0 radical (unpaired) electrons. The number of aliphatic hydroxyl groups excluding tert-OH is 1. The first-order valence-electron chi connectivity index (χ1n) is 6.09. The number of nitrogens with one attached hydrogen (secondary N) is 1. The van der Waals surface area contributed by atoms with Gasteiger partial charge in [-0.25, -0.2) is 4.39 Å². The average Bonchev–Trinajstić information content (AvgIpc) is 2.46. The molecule has 1 unspecified atom stereocenters. The zero-order valence-corrected chi connectivity index (χ0v) is 11.5. The minimum atomic E-state index is -0.941. The van der Waals surface area contributed by atoms with Crippen LogP contribution in [0.3, 0.4) is 0 Å². The summed E-state index contributed by atoms with van der Waals surface area (Å²) in [6, 6.07) is 9.95. The van der Waals surface area contributed by atoms with Crippen molar-refractivity contribution in [1.82, 2.24) is 0 Å². The monoisotopic (exact) mass is 310 g/mol. The molecule has 0 aliphatic carbocycles. The summed E-state index contributed by atoms with van der Waals surface area (Å²) in [6.07, 6.45) is -0.941. The van der Waals surface area contributed by atoms with Crippen LogP contribution in [0.2, 0.25) is 5.02 Å². The summed E-state index contributed by atoms with van der Waals surface area (Å²) in [6.45, 7) is 0.0101. The van der Waals surface area contributed by atoms with Crippen molar-refractivity contribution in [3.05, 3.63) is 69.0 Å². The summed E-state index contributed by atoms with van der Waals surface area (Å²) in [5.41, 5.74) is 0.255. The molecular weight excluding hydrogens is 299 g/mol. The van der Waals surface area contributed by atoms with E-state index >= 15 is 0 Å². The molecule has 0 aromatic heterocycles. The van der Waals surface area contributed by atoms with Gasteiger partial charge < -0.3 is 10.4 Å². The Morgan fingerprint density at radius 1 is 1.33 bits per heavy atom. The number of halogens is 2. The van der Waals surface area contributed by atoms with Gasteiger partial charge in [0.15, 0.2) is 0 Å². The Bertz CT molecular complexity index is 666. The first kappa shape index (κ1) is 15.2. The molecule has 2 aromatic carbocycles. The highest BCUT2D eigenvalue weighted by Gasteiger charge is 2.17. The van der Waals surface area contributed by atoms with Crippen LogP contribution in [0.15, 0.2) is 42.5 Å². The zero-order chi connectivity index (χ0) is 15.4. The average molecular weight is 311 g/mol. The van der Waals surface area contributed by atoms with E-state index in [-0.39, 0.29) is 17.9 Å².